The highest BCUT2D eigenvalue weighted by atomic mass is 16.3. The van der Waals surface area contributed by atoms with Crippen molar-refractivity contribution in [2.45, 2.75) is 20.3 Å². The molecule has 5 heteroatoms. The molecule has 0 aliphatic rings. The van der Waals surface area contributed by atoms with Gasteiger partial charge in [0.15, 0.2) is 0 Å². The third kappa shape index (κ3) is 3.66. The molecule has 0 atom stereocenters. The molecular weight excluding hydrogens is 206 g/mol. The van der Waals surface area contributed by atoms with Gasteiger partial charge in [-0.15, -0.1) is 0 Å². The zero-order chi connectivity index (χ0) is 12.2. The van der Waals surface area contributed by atoms with Gasteiger partial charge in [0.25, 0.3) is 5.91 Å². The lowest BCUT2D eigenvalue weighted by molar-refractivity contribution is 0.0923. The molecule has 0 saturated heterocycles. The molecule has 1 rings (SSSR count). The lowest BCUT2D eigenvalue weighted by atomic mass is 9.90. The van der Waals surface area contributed by atoms with Crippen LogP contribution < -0.4 is 5.32 Å². The van der Waals surface area contributed by atoms with Crippen LogP contribution in [0.5, 0.6) is 0 Å². The number of hydrogen-bond donors (Lipinski definition) is 2. The van der Waals surface area contributed by atoms with Crippen molar-refractivity contribution in [2.75, 3.05) is 13.2 Å². The van der Waals surface area contributed by atoms with Gasteiger partial charge in [0, 0.05) is 26.4 Å². The molecule has 1 amide bonds. The number of nitrogens with one attached hydrogen (secondary N) is 1. The highest BCUT2D eigenvalue weighted by Crippen LogP contribution is 2.17. The van der Waals surface area contributed by atoms with Crippen molar-refractivity contribution in [1.82, 2.24) is 14.9 Å². The second-order valence-corrected chi connectivity index (χ2v) is 4.74. The van der Waals surface area contributed by atoms with Crippen LogP contribution in [-0.2, 0) is 7.05 Å². The summed E-state index contributed by atoms with van der Waals surface area (Å²) in [6, 6.07) is 0. The first-order chi connectivity index (χ1) is 7.44. The maximum absolute atomic E-state index is 11.7. The van der Waals surface area contributed by atoms with Gasteiger partial charge in [-0.3, -0.25) is 4.79 Å². The van der Waals surface area contributed by atoms with Gasteiger partial charge in [0.2, 0.25) is 0 Å². The molecule has 16 heavy (non-hydrogen) atoms. The number of aryl methyl sites for hydroxylation is 1. The Morgan fingerprint density at radius 2 is 2.31 bits per heavy atom. The van der Waals surface area contributed by atoms with Crippen LogP contribution in [-0.4, -0.2) is 33.7 Å². The third-order valence-electron chi connectivity index (χ3n) is 2.45. The summed E-state index contributed by atoms with van der Waals surface area (Å²) in [6.45, 7) is 4.67. The lowest BCUT2D eigenvalue weighted by Gasteiger charge is -2.23. The van der Waals surface area contributed by atoms with Crippen molar-refractivity contribution < 1.29 is 9.90 Å². The molecule has 1 aromatic heterocycles. The number of aliphatic hydroxyl groups is 1. The summed E-state index contributed by atoms with van der Waals surface area (Å²) in [7, 11) is 1.82. The third-order valence-corrected chi connectivity index (χ3v) is 2.45. The number of amides is 1. The number of nitrogens with zero attached hydrogens (tertiary/aromatic N) is 2. The van der Waals surface area contributed by atoms with Gasteiger partial charge in [-0.05, 0) is 11.8 Å². The maximum atomic E-state index is 11.7. The predicted octanol–water partition coefficient (Wildman–Crippen LogP) is 0.558. The van der Waals surface area contributed by atoms with Crippen molar-refractivity contribution in [2.24, 2.45) is 12.5 Å². The Balaban J connectivity index is 2.47. The van der Waals surface area contributed by atoms with E-state index in [1.165, 1.54) is 0 Å². The molecule has 1 aromatic rings. The Labute approximate surface area is 95.5 Å². The largest absolute Gasteiger partial charge is 0.396 e. The van der Waals surface area contributed by atoms with Crippen molar-refractivity contribution in [3.63, 3.8) is 0 Å². The molecule has 0 spiro atoms. The minimum absolute atomic E-state index is 0.0980. The first-order valence-corrected chi connectivity index (χ1v) is 5.32. The number of aliphatic hydroxyl groups excluding tert-OH is 1. The number of imidazole rings is 1. The van der Waals surface area contributed by atoms with Crippen molar-refractivity contribution in [3.8, 4) is 0 Å². The maximum Gasteiger partial charge on any atom is 0.271 e. The number of hydrogen-bond acceptors (Lipinski definition) is 3. The smallest absolute Gasteiger partial charge is 0.271 e. The van der Waals surface area contributed by atoms with Gasteiger partial charge in [-0.2, -0.15) is 0 Å². The van der Waals surface area contributed by atoms with E-state index in [0.29, 0.717) is 18.7 Å². The van der Waals surface area contributed by atoms with Crippen LogP contribution in [0.3, 0.4) is 0 Å². The van der Waals surface area contributed by atoms with Crippen LogP contribution in [0.25, 0.3) is 0 Å². The molecule has 90 valence electrons. The second-order valence-electron chi connectivity index (χ2n) is 4.74. The molecule has 0 aliphatic carbocycles. The summed E-state index contributed by atoms with van der Waals surface area (Å²) in [5, 5.41) is 11.7. The molecule has 0 aliphatic heterocycles. The van der Waals surface area contributed by atoms with Crippen LogP contribution in [0.1, 0.15) is 30.8 Å². The first-order valence-electron chi connectivity index (χ1n) is 5.32. The summed E-state index contributed by atoms with van der Waals surface area (Å²) in [5.74, 6) is -0.174. The first kappa shape index (κ1) is 12.7. The molecule has 0 fully saturated rings. The van der Waals surface area contributed by atoms with E-state index in [1.54, 1.807) is 17.1 Å². The Bertz CT molecular complexity index is 358. The van der Waals surface area contributed by atoms with E-state index in [-0.39, 0.29) is 17.9 Å². The quantitative estimate of drug-likeness (QED) is 0.769. The van der Waals surface area contributed by atoms with Crippen LogP contribution in [0.15, 0.2) is 12.5 Å². The summed E-state index contributed by atoms with van der Waals surface area (Å²) < 4.78 is 1.73. The molecule has 0 unspecified atom stereocenters. The van der Waals surface area contributed by atoms with Gasteiger partial charge in [0.05, 0.1) is 6.33 Å². The van der Waals surface area contributed by atoms with E-state index in [1.807, 2.05) is 20.9 Å². The topological polar surface area (TPSA) is 67.2 Å². The van der Waals surface area contributed by atoms with E-state index < -0.39 is 0 Å². The molecular formula is C11H19N3O2. The summed E-state index contributed by atoms with van der Waals surface area (Å²) in [6.07, 6.45) is 3.93. The summed E-state index contributed by atoms with van der Waals surface area (Å²) >= 11 is 0. The average Bonchev–Trinajstić information content (AvgIpc) is 2.61. The Kier molecular flexibility index (Phi) is 4.06. The molecule has 0 radical (unpaired) electrons. The van der Waals surface area contributed by atoms with Gasteiger partial charge in [0.1, 0.15) is 5.69 Å². The Hall–Kier alpha value is -1.36. The van der Waals surface area contributed by atoms with Crippen LogP contribution >= 0.6 is 0 Å². The fraction of sp³-hybridized carbons (Fsp3) is 0.636. The Morgan fingerprint density at radius 1 is 1.62 bits per heavy atom. The standard InChI is InChI=1S/C11H19N3O2/c1-11(2,4-5-15)7-12-10(16)9-6-14(3)8-13-9/h6,8,15H,4-5,7H2,1-3H3,(H,12,16). The van der Waals surface area contributed by atoms with E-state index in [9.17, 15) is 4.79 Å². The van der Waals surface area contributed by atoms with E-state index in [0.717, 1.165) is 0 Å². The zero-order valence-corrected chi connectivity index (χ0v) is 10.0. The van der Waals surface area contributed by atoms with E-state index in [4.69, 9.17) is 5.11 Å². The predicted molar refractivity (Wildman–Crippen MR) is 61.0 cm³/mol. The molecule has 2 N–H and O–H groups in total. The van der Waals surface area contributed by atoms with Crippen LogP contribution in [0.2, 0.25) is 0 Å². The van der Waals surface area contributed by atoms with Crippen LogP contribution in [0.4, 0.5) is 0 Å². The number of carbonyl (C=O) groups is 1. The van der Waals surface area contributed by atoms with Gasteiger partial charge in [-0.25, -0.2) is 4.98 Å². The highest BCUT2D eigenvalue weighted by Gasteiger charge is 2.19. The molecule has 5 nitrogen and oxygen atoms in total. The fourth-order valence-electron chi connectivity index (χ4n) is 1.33. The highest BCUT2D eigenvalue weighted by molar-refractivity contribution is 5.92. The average molecular weight is 225 g/mol. The Morgan fingerprint density at radius 3 is 2.81 bits per heavy atom. The zero-order valence-electron chi connectivity index (χ0n) is 10.0. The minimum atomic E-state index is -0.174. The van der Waals surface area contributed by atoms with E-state index >= 15 is 0 Å². The van der Waals surface area contributed by atoms with Crippen molar-refractivity contribution >= 4 is 5.91 Å². The SMILES string of the molecule is Cn1cnc(C(=O)NCC(C)(C)CCO)c1. The molecule has 1 heterocycles. The fourth-order valence-corrected chi connectivity index (χ4v) is 1.33. The summed E-state index contributed by atoms with van der Waals surface area (Å²) in [5.41, 5.74) is 0.321. The minimum Gasteiger partial charge on any atom is -0.396 e. The number of aromatic nitrogens is 2. The van der Waals surface area contributed by atoms with Gasteiger partial charge >= 0.3 is 0 Å². The number of carbonyl (C=O) groups excluding carboxylic acids is 1. The number of rotatable bonds is 5. The van der Waals surface area contributed by atoms with Gasteiger partial charge < -0.3 is 15.0 Å². The van der Waals surface area contributed by atoms with E-state index in [2.05, 4.69) is 10.3 Å². The van der Waals surface area contributed by atoms with Crippen LogP contribution in [0, 0.1) is 5.41 Å². The normalized spacial score (nSPS) is 11.5. The lowest BCUT2D eigenvalue weighted by Crippen LogP contribution is -2.34. The second kappa shape index (κ2) is 5.12. The monoisotopic (exact) mass is 225 g/mol. The molecule has 0 aromatic carbocycles. The summed E-state index contributed by atoms with van der Waals surface area (Å²) in [4.78, 5) is 15.6. The molecule has 0 bridgehead atoms. The van der Waals surface area contributed by atoms with Gasteiger partial charge in [-0.1, -0.05) is 13.8 Å². The van der Waals surface area contributed by atoms with Crippen molar-refractivity contribution in [1.29, 1.82) is 0 Å². The van der Waals surface area contributed by atoms with Crippen molar-refractivity contribution in [3.05, 3.63) is 18.2 Å². The molecule has 0 saturated carbocycles.